The maximum absolute atomic E-state index is 14.8. The molecule has 1 aliphatic rings. The number of anilines is 1. The van der Waals surface area contributed by atoms with E-state index in [1.54, 1.807) is 37.3 Å². The summed E-state index contributed by atoms with van der Waals surface area (Å²) in [5.74, 6) is -1.04. The zero-order chi connectivity index (χ0) is 32.6. The van der Waals surface area contributed by atoms with Crippen LogP contribution in [0.3, 0.4) is 0 Å². The first-order valence-electron chi connectivity index (χ1n) is 15.6. The number of para-hydroxylation sites is 1. The molecule has 1 aliphatic carbocycles. The average Bonchev–Trinajstić information content (AvgIpc) is 3.43. The van der Waals surface area contributed by atoms with E-state index in [1.165, 1.54) is 4.57 Å². The van der Waals surface area contributed by atoms with Crippen LogP contribution in [0.2, 0.25) is 0 Å². The predicted molar refractivity (Wildman–Crippen MR) is 176 cm³/mol. The summed E-state index contributed by atoms with van der Waals surface area (Å²) in [5, 5.41) is 13.3. The Morgan fingerprint density at radius 2 is 1.59 bits per heavy atom. The van der Waals surface area contributed by atoms with Gasteiger partial charge in [-0.15, -0.1) is 0 Å². The summed E-state index contributed by atoms with van der Waals surface area (Å²) in [6.07, 6.45) is 4.56. The molecule has 1 heterocycles. The molecule has 0 bridgehead atoms. The van der Waals surface area contributed by atoms with Gasteiger partial charge in [-0.05, 0) is 55.2 Å². The number of fused-ring (bicyclic) bond motifs is 1. The van der Waals surface area contributed by atoms with E-state index in [4.69, 9.17) is 14.2 Å². The van der Waals surface area contributed by atoms with Gasteiger partial charge < -0.3 is 34.1 Å². The van der Waals surface area contributed by atoms with Gasteiger partial charge in [0.15, 0.2) is 0 Å². The van der Waals surface area contributed by atoms with E-state index in [9.17, 15) is 19.5 Å². The Labute approximate surface area is 268 Å². The van der Waals surface area contributed by atoms with Gasteiger partial charge in [-0.1, -0.05) is 67.8 Å². The SMILES string of the molecule is COc1cc(C)cc(OC)c1N(C(=O)[C@@H](COCc1ccccc1)NC(=O)c1cc2ccccc2n1CC(=O)O)C1CCCCC1. The number of benzene rings is 3. The Morgan fingerprint density at radius 1 is 0.935 bits per heavy atom. The fourth-order valence-electron chi connectivity index (χ4n) is 6.22. The number of amides is 2. The lowest BCUT2D eigenvalue weighted by molar-refractivity contribution is -0.137. The van der Waals surface area contributed by atoms with Crippen molar-refractivity contribution < 1.29 is 33.7 Å². The number of methoxy groups -OCH3 is 2. The monoisotopic (exact) mass is 627 g/mol. The van der Waals surface area contributed by atoms with Gasteiger partial charge in [0.1, 0.15) is 35.5 Å². The lowest BCUT2D eigenvalue weighted by Gasteiger charge is -2.38. The van der Waals surface area contributed by atoms with E-state index in [1.807, 2.05) is 61.5 Å². The summed E-state index contributed by atoms with van der Waals surface area (Å²) in [7, 11) is 3.12. The van der Waals surface area contributed by atoms with Crippen molar-refractivity contribution in [2.24, 2.45) is 0 Å². The highest BCUT2D eigenvalue weighted by Crippen LogP contribution is 2.42. The number of aromatic nitrogens is 1. The van der Waals surface area contributed by atoms with E-state index in [0.717, 1.165) is 48.6 Å². The van der Waals surface area contributed by atoms with Gasteiger partial charge in [0.05, 0.1) is 27.4 Å². The zero-order valence-corrected chi connectivity index (χ0v) is 26.5. The summed E-state index contributed by atoms with van der Waals surface area (Å²) >= 11 is 0. The fraction of sp³-hybridized carbons (Fsp3) is 0.361. The minimum absolute atomic E-state index is 0.113. The highest BCUT2D eigenvalue weighted by Gasteiger charge is 2.37. The normalized spacial score (nSPS) is 14.1. The van der Waals surface area contributed by atoms with Crippen molar-refractivity contribution in [3.63, 3.8) is 0 Å². The molecule has 2 amide bonds. The summed E-state index contributed by atoms with van der Waals surface area (Å²) in [4.78, 5) is 42.3. The molecule has 0 spiro atoms. The number of hydrogen-bond acceptors (Lipinski definition) is 6. The lowest BCUT2D eigenvalue weighted by Crippen LogP contribution is -2.54. The number of nitrogens with zero attached hydrogens (tertiary/aromatic N) is 2. The summed E-state index contributed by atoms with van der Waals surface area (Å²) in [5.41, 5.74) is 3.09. The quantitative estimate of drug-likeness (QED) is 0.194. The second kappa shape index (κ2) is 15.0. The van der Waals surface area contributed by atoms with Crippen LogP contribution in [0.25, 0.3) is 10.9 Å². The van der Waals surface area contributed by atoms with Crippen molar-refractivity contribution in [3.05, 3.63) is 89.6 Å². The highest BCUT2D eigenvalue weighted by atomic mass is 16.5. The second-order valence-electron chi connectivity index (χ2n) is 11.6. The maximum Gasteiger partial charge on any atom is 0.323 e. The van der Waals surface area contributed by atoms with Crippen LogP contribution in [0, 0.1) is 6.92 Å². The molecule has 242 valence electrons. The smallest absolute Gasteiger partial charge is 0.323 e. The van der Waals surface area contributed by atoms with Gasteiger partial charge in [0, 0.05) is 16.9 Å². The topological polar surface area (TPSA) is 119 Å². The molecule has 1 saturated carbocycles. The molecule has 10 heteroatoms. The molecule has 5 rings (SSSR count). The number of carboxylic acid groups (broad SMARTS) is 1. The van der Waals surface area contributed by atoms with Crippen molar-refractivity contribution in [1.82, 2.24) is 9.88 Å². The van der Waals surface area contributed by atoms with Crippen LogP contribution in [-0.4, -0.2) is 60.4 Å². The molecule has 4 aromatic rings. The van der Waals surface area contributed by atoms with Gasteiger partial charge >= 0.3 is 5.97 Å². The third-order valence-corrected chi connectivity index (χ3v) is 8.38. The summed E-state index contributed by atoms with van der Waals surface area (Å²) in [6.45, 7) is 1.64. The van der Waals surface area contributed by atoms with Crippen LogP contribution < -0.4 is 19.7 Å². The van der Waals surface area contributed by atoms with Crippen LogP contribution in [0.4, 0.5) is 5.69 Å². The van der Waals surface area contributed by atoms with Crippen LogP contribution in [0.1, 0.15) is 53.7 Å². The number of ether oxygens (including phenoxy) is 3. The highest BCUT2D eigenvalue weighted by molar-refractivity contribution is 6.05. The van der Waals surface area contributed by atoms with Crippen LogP contribution in [0.5, 0.6) is 11.5 Å². The third kappa shape index (κ3) is 7.34. The average molecular weight is 628 g/mol. The number of carbonyl (C=O) groups excluding carboxylic acids is 2. The number of rotatable bonds is 13. The van der Waals surface area contributed by atoms with Crippen LogP contribution >= 0.6 is 0 Å². The zero-order valence-electron chi connectivity index (χ0n) is 26.5. The van der Waals surface area contributed by atoms with Crippen LogP contribution in [-0.2, 0) is 27.5 Å². The molecular weight excluding hydrogens is 586 g/mol. The third-order valence-electron chi connectivity index (χ3n) is 8.38. The van der Waals surface area contributed by atoms with Gasteiger partial charge in [-0.25, -0.2) is 0 Å². The molecule has 2 N–H and O–H groups in total. The molecule has 10 nitrogen and oxygen atoms in total. The Balaban J connectivity index is 1.54. The minimum Gasteiger partial charge on any atom is -0.494 e. The molecule has 3 aromatic carbocycles. The summed E-state index contributed by atoms with van der Waals surface area (Å²) in [6, 6.07) is 20.9. The van der Waals surface area contributed by atoms with E-state index >= 15 is 0 Å². The Bertz CT molecular complexity index is 1650. The molecule has 1 atom stereocenters. The first-order chi connectivity index (χ1) is 22.3. The van der Waals surface area contributed by atoms with Gasteiger partial charge in [-0.2, -0.15) is 0 Å². The van der Waals surface area contributed by atoms with E-state index in [0.29, 0.717) is 22.7 Å². The van der Waals surface area contributed by atoms with Gasteiger partial charge in [0.2, 0.25) is 0 Å². The van der Waals surface area contributed by atoms with Crippen molar-refractivity contribution in [2.45, 2.75) is 64.3 Å². The van der Waals surface area contributed by atoms with E-state index < -0.39 is 24.5 Å². The maximum atomic E-state index is 14.8. The molecule has 0 radical (unpaired) electrons. The Kier molecular flexibility index (Phi) is 10.6. The molecule has 0 unspecified atom stereocenters. The second-order valence-corrected chi connectivity index (χ2v) is 11.6. The summed E-state index contributed by atoms with van der Waals surface area (Å²) < 4.78 is 19.1. The predicted octanol–water partition coefficient (Wildman–Crippen LogP) is 5.73. The standard InChI is InChI=1S/C36H41N3O7/c1-24-18-31(44-2)34(32(19-24)45-3)39(27-15-8-5-9-16-27)36(43)28(23-46-22-25-12-6-4-7-13-25)37-35(42)30-20-26-14-10-11-17-29(26)38(30)21-33(40)41/h4,6-7,10-14,17-20,27-28H,5,8-9,15-16,21-23H2,1-3H3,(H,37,42)(H,40,41)/t28-/m1/s1. The van der Waals surface area contributed by atoms with Crippen molar-refractivity contribution >= 4 is 34.4 Å². The minimum atomic E-state index is -1.11. The van der Waals surface area contributed by atoms with E-state index in [-0.39, 0.29) is 30.9 Å². The number of hydrogen-bond donors (Lipinski definition) is 2. The molecule has 0 saturated heterocycles. The van der Waals surface area contributed by atoms with Gasteiger partial charge in [-0.3, -0.25) is 14.4 Å². The molecule has 1 aromatic heterocycles. The van der Waals surface area contributed by atoms with Crippen molar-refractivity contribution in [1.29, 1.82) is 0 Å². The molecule has 1 fully saturated rings. The number of nitrogens with one attached hydrogen (secondary N) is 1. The number of aliphatic carboxylic acids is 1. The largest absolute Gasteiger partial charge is 0.494 e. The van der Waals surface area contributed by atoms with Crippen molar-refractivity contribution in [2.75, 3.05) is 25.7 Å². The van der Waals surface area contributed by atoms with Gasteiger partial charge in [0.25, 0.3) is 11.8 Å². The first-order valence-corrected chi connectivity index (χ1v) is 15.6. The number of carboxylic acids is 1. The first kappa shape index (κ1) is 32.6. The van der Waals surface area contributed by atoms with Crippen molar-refractivity contribution in [3.8, 4) is 11.5 Å². The molecule has 0 aliphatic heterocycles. The molecule has 46 heavy (non-hydrogen) atoms. The Morgan fingerprint density at radius 3 is 2.24 bits per heavy atom. The number of carbonyl (C=O) groups is 3. The molecular formula is C36H41N3O7. The van der Waals surface area contributed by atoms with E-state index in [2.05, 4.69) is 5.32 Å². The Hall–Kier alpha value is -4.83. The van der Waals surface area contributed by atoms with Crippen LogP contribution in [0.15, 0.2) is 72.8 Å². The number of aryl methyl sites for hydroxylation is 1. The lowest BCUT2D eigenvalue weighted by atomic mass is 9.92. The fourth-order valence-corrected chi connectivity index (χ4v) is 6.22.